The summed E-state index contributed by atoms with van der Waals surface area (Å²) in [5.41, 5.74) is 13.2. The van der Waals surface area contributed by atoms with Crippen molar-refractivity contribution in [1.29, 1.82) is 15.8 Å². The third-order valence-electron chi connectivity index (χ3n) is 10.6. The first-order valence-corrected chi connectivity index (χ1v) is 17.1. The van der Waals surface area contributed by atoms with Crippen LogP contribution in [-0.2, 0) is 6.42 Å². The Morgan fingerprint density at radius 3 is 2.46 bits per heavy atom. The Bertz CT molecular complexity index is 2520. The van der Waals surface area contributed by atoms with Crippen LogP contribution in [-0.4, -0.2) is 10.6 Å². The molecule has 4 aromatic carbocycles. The molecule has 2 heterocycles. The van der Waals surface area contributed by atoms with Gasteiger partial charge in [0.2, 0.25) is 0 Å². The van der Waals surface area contributed by atoms with Gasteiger partial charge in [-0.1, -0.05) is 85.0 Å². The van der Waals surface area contributed by atoms with Gasteiger partial charge in [-0.2, -0.15) is 15.8 Å². The van der Waals surface area contributed by atoms with Gasteiger partial charge in [0.05, 0.1) is 40.5 Å². The van der Waals surface area contributed by atoms with Gasteiger partial charge in [0.25, 0.3) is 0 Å². The monoisotopic (exact) mass is 641 g/mol. The van der Waals surface area contributed by atoms with Crippen molar-refractivity contribution in [2.24, 2.45) is 0 Å². The highest BCUT2D eigenvalue weighted by molar-refractivity contribution is 5.94. The quantitative estimate of drug-likeness (QED) is 0.196. The van der Waals surface area contributed by atoms with E-state index in [4.69, 9.17) is 0 Å². The van der Waals surface area contributed by atoms with E-state index in [1.165, 1.54) is 16.6 Å². The Hall–Kier alpha value is -6.61. The van der Waals surface area contributed by atoms with Crippen molar-refractivity contribution in [2.45, 2.75) is 37.1 Å². The van der Waals surface area contributed by atoms with Crippen molar-refractivity contribution < 1.29 is 0 Å². The van der Waals surface area contributed by atoms with Gasteiger partial charge >= 0.3 is 0 Å². The first kappa shape index (κ1) is 29.5. The molecular formula is C45H31N5. The summed E-state index contributed by atoms with van der Waals surface area (Å²) >= 11 is 0. The molecule has 1 aliphatic heterocycles. The van der Waals surface area contributed by atoms with Gasteiger partial charge in [0, 0.05) is 45.4 Å². The van der Waals surface area contributed by atoms with Gasteiger partial charge < -0.3 is 9.47 Å². The Kier molecular flexibility index (Phi) is 6.98. The van der Waals surface area contributed by atoms with Gasteiger partial charge in [0.1, 0.15) is 6.07 Å². The highest BCUT2D eigenvalue weighted by Crippen LogP contribution is 2.49. The standard InChI is InChI=1S/C45H31N5/c46-26-29-15-21-43-39(23-29)40-24-30(27-47)16-22-44(40)49(43)35-19-17-31(18-20-35)32-7-5-8-33(25-32)36-12-6-9-34(28-48)45(36)50-41-13-3-1-10-37(41)38-11-2-4-14-42(38)50/h1-3,5-7,9-13,15-25,33,39,43H,4,8,14H2. The number of rotatable bonds is 4. The molecule has 0 N–H and O–H groups in total. The smallest absolute Gasteiger partial charge is 0.101 e. The highest BCUT2D eigenvalue weighted by Gasteiger charge is 2.38. The molecule has 0 amide bonds. The second-order valence-corrected chi connectivity index (χ2v) is 13.3. The van der Waals surface area contributed by atoms with Crippen LogP contribution < -0.4 is 4.90 Å². The van der Waals surface area contributed by atoms with Crippen molar-refractivity contribution in [3.05, 3.63) is 172 Å². The number of fused-ring (bicyclic) bond motifs is 6. The van der Waals surface area contributed by atoms with Crippen molar-refractivity contribution in [3.8, 4) is 23.9 Å². The second-order valence-electron chi connectivity index (χ2n) is 13.3. The molecule has 3 atom stereocenters. The Morgan fingerprint density at radius 2 is 1.62 bits per heavy atom. The summed E-state index contributed by atoms with van der Waals surface area (Å²) in [6.45, 7) is 0. The molecule has 9 rings (SSSR count). The van der Waals surface area contributed by atoms with Crippen LogP contribution in [0.25, 0.3) is 28.2 Å². The molecule has 0 bridgehead atoms. The summed E-state index contributed by atoms with van der Waals surface area (Å²) in [6.07, 6.45) is 20.1. The largest absolute Gasteiger partial charge is 0.333 e. The van der Waals surface area contributed by atoms with Crippen LogP contribution in [0, 0.1) is 34.0 Å². The number of para-hydroxylation sites is 2. The number of nitriles is 3. The van der Waals surface area contributed by atoms with E-state index >= 15 is 0 Å². The van der Waals surface area contributed by atoms with E-state index in [1.807, 2.05) is 42.5 Å². The second kappa shape index (κ2) is 11.8. The number of anilines is 2. The minimum atomic E-state index is -0.000197. The maximum Gasteiger partial charge on any atom is 0.101 e. The lowest BCUT2D eigenvalue weighted by atomic mass is 9.85. The molecular weight excluding hydrogens is 611 g/mol. The fourth-order valence-corrected chi connectivity index (χ4v) is 8.38. The first-order chi connectivity index (χ1) is 24.7. The molecule has 5 nitrogen and oxygen atoms in total. The van der Waals surface area contributed by atoms with Crippen molar-refractivity contribution in [3.63, 3.8) is 0 Å². The average Bonchev–Trinajstić information content (AvgIpc) is 3.69. The summed E-state index contributed by atoms with van der Waals surface area (Å²) in [5, 5.41) is 30.8. The molecule has 0 saturated heterocycles. The molecule has 0 saturated carbocycles. The van der Waals surface area contributed by atoms with E-state index in [9.17, 15) is 15.8 Å². The van der Waals surface area contributed by atoms with E-state index in [2.05, 4.69) is 119 Å². The molecule has 0 fully saturated rings. The van der Waals surface area contributed by atoms with Crippen LogP contribution >= 0.6 is 0 Å². The Balaban J connectivity index is 1.09. The van der Waals surface area contributed by atoms with Crippen LogP contribution in [0.3, 0.4) is 0 Å². The van der Waals surface area contributed by atoms with Gasteiger partial charge in [-0.25, -0.2) is 0 Å². The molecule has 5 aromatic rings. The average molecular weight is 642 g/mol. The summed E-state index contributed by atoms with van der Waals surface area (Å²) in [6, 6.07) is 36.4. The molecule has 4 aliphatic rings. The van der Waals surface area contributed by atoms with E-state index in [0.717, 1.165) is 64.1 Å². The van der Waals surface area contributed by atoms with E-state index in [-0.39, 0.29) is 17.9 Å². The molecule has 0 radical (unpaired) electrons. The minimum absolute atomic E-state index is 0.000197. The predicted octanol–water partition coefficient (Wildman–Crippen LogP) is 10.1. The van der Waals surface area contributed by atoms with Crippen LogP contribution in [0.5, 0.6) is 0 Å². The maximum absolute atomic E-state index is 10.4. The molecule has 5 heteroatoms. The lowest BCUT2D eigenvalue weighted by molar-refractivity contribution is 0.741. The third kappa shape index (κ3) is 4.58. The molecule has 50 heavy (non-hydrogen) atoms. The third-order valence-corrected chi connectivity index (χ3v) is 10.6. The number of aromatic nitrogens is 1. The molecule has 1 aromatic heterocycles. The van der Waals surface area contributed by atoms with Gasteiger partial charge in [-0.15, -0.1) is 0 Å². The van der Waals surface area contributed by atoms with E-state index < -0.39 is 0 Å². The summed E-state index contributed by atoms with van der Waals surface area (Å²) in [7, 11) is 0. The first-order valence-electron chi connectivity index (χ1n) is 17.1. The molecule has 3 aliphatic carbocycles. The Labute approximate surface area is 291 Å². The van der Waals surface area contributed by atoms with Crippen LogP contribution in [0.1, 0.15) is 63.8 Å². The molecule has 0 spiro atoms. The number of hydrogen-bond acceptors (Lipinski definition) is 4. The predicted molar refractivity (Wildman–Crippen MR) is 199 cm³/mol. The number of allylic oxidation sites excluding steroid dienone is 7. The van der Waals surface area contributed by atoms with Gasteiger partial charge in [-0.05, 0) is 90.1 Å². The summed E-state index contributed by atoms with van der Waals surface area (Å²) in [4.78, 5) is 2.32. The zero-order valence-electron chi connectivity index (χ0n) is 27.3. The van der Waals surface area contributed by atoms with Crippen LogP contribution in [0.2, 0.25) is 0 Å². The summed E-state index contributed by atoms with van der Waals surface area (Å²) in [5.74, 6) is 0.0998. The fourth-order valence-electron chi connectivity index (χ4n) is 8.38. The summed E-state index contributed by atoms with van der Waals surface area (Å²) < 4.78 is 2.36. The van der Waals surface area contributed by atoms with E-state index in [0.29, 0.717) is 16.7 Å². The number of benzene rings is 4. The van der Waals surface area contributed by atoms with Crippen LogP contribution in [0.4, 0.5) is 11.4 Å². The van der Waals surface area contributed by atoms with Crippen molar-refractivity contribution in [1.82, 2.24) is 4.57 Å². The van der Waals surface area contributed by atoms with Crippen molar-refractivity contribution in [2.75, 3.05) is 4.90 Å². The molecule has 3 unspecified atom stereocenters. The van der Waals surface area contributed by atoms with Gasteiger partial charge in [0.15, 0.2) is 0 Å². The Morgan fingerprint density at radius 1 is 0.740 bits per heavy atom. The zero-order valence-corrected chi connectivity index (χ0v) is 27.3. The topological polar surface area (TPSA) is 79.5 Å². The lowest BCUT2D eigenvalue weighted by Crippen LogP contribution is -2.29. The number of hydrogen-bond donors (Lipinski definition) is 0. The van der Waals surface area contributed by atoms with E-state index in [1.54, 1.807) is 0 Å². The van der Waals surface area contributed by atoms with Crippen LogP contribution in [0.15, 0.2) is 133 Å². The van der Waals surface area contributed by atoms with Crippen molar-refractivity contribution >= 4 is 33.9 Å². The highest BCUT2D eigenvalue weighted by atomic mass is 15.2. The normalized spacial score (nSPS) is 19.9. The minimum Gasteiger partial charge on any atom is -0.333 e. The SMILES string of the molecule is N#CC1=CC2c3cc(C#N)ccc3N(c3ccc(C4=CC(c5cccc(C#N)c5-n5c6c(c7ccccc75)C=CCC6)CC=C4)cc3)C2C=C1. The molecule has 236 valence electrons. The van der Waals surface area contributed by atoms with Gasteiger partial charge in [-0.3, -0.25) is 0 Å². The number of nitrogens with zero attached hydrogens (tertiary/aromatic N) is 5. The lowest BCUT2D eigenvalue weighted by Gasteiger charge is -2.29. The zero-order chi connectivity index (χ0) is 33.8. The maximum atomic E-state index is 10.4. The fraction of sp³-hybridized carbons (Fsp3) is 0.133.